The molecule has 1 atom stereocenters. The SMILES string of the molecule is C=C(C)Cc1cc(-c2cc#cc(C)c2)cc(-c2nc3c([nH]2)CC(C(C)(C)N)C=C3)c1. The van der Waals surface area contributed by atoms with E-state index in [2.05, 4.69) is 80.9 Å². The fraction of sp³-hybridized carbons (Fsp3) is 0.296. The minimum atomic E-state index is -0.257. The van der Waals surface area contributed by atoms with Crippen LogP contribution in [0.25, 0.3) is 28.6 Å². The number of allylic oxidation sites excluding steroid dienone is 1. The van der Waals surface area contributed by atoms with Crippen molar-refractivity contribution in [2.24, 2.45) is 11.7 Å². The molecule has 0 aliphatic heterocycles. The van der Waals surface area contributed by atoms with Gasteiger partial charge in [-0.15, -0.1) is 0 Å². The third-order valence-corrected chi connectivity index (χ3v) is 5.65. The Bertz CT molecular complexity index is 1130. The molecule has 30 heavy (non-hydrogen) atoms. The van der Waals surface area contributed by atoms with Crippen LogP contribution < -0.4 is 5.73 Å². The molecule has 3 nitrogen and oxygen atoms in total. The summed E-state index contributed by atoms with van der Waals surface area (Å²) in [6.07, 6.45) is 6.01. The van der Waals surface area contributed by atoms with E-state index >= 15 is 0 Å². The second-order valence-corrected chi connectivity index (χ2v) is 9.19. The van der Waals surface area contributed by atoms with E-state index in [1.54, 1.807) is 0 Å². The summed E-state index contributed by atoms with van der Waals surface area (Å²) in [6.45, 7) is 12.4. The molecule has 0 radical (unpaired) electrons. The summed E-state index contributed by atoms with van der Waals surface area (Å²) in [6, 6.07) is 17.0. The Hall–Kier alpha value is -3.09. The summed E-state index contributed by atoms with van der Waals surface area (Å²) >= 11 is 0. The number of nitrogens with one attached hydrogen (secondary N) is 1. The molecule has 3 heteroatoms. The lowest BCUT2D eigenvalue weighted by Gasteiger charge is -2.29. The van der Waals surface area contributed by atoms with Gasteiger partial charge in [-0.2, -0.15) is 0 Å². The van der Waals surface area contributed by atoms with Gasteiger partial charge in [0, 0.05) is 22.7 Å². The predicted molar refractivity (Wildman–Crippen MR) is 125 cm³/mol. The molecule has 1 heterocycles. The van der Waals surface area contributed by atoms with Gasteiger partial charge in [0.25, 0.3) is 0 Å². The van der Waals surface area contributed by atoms with Gasteiger partial charge in [0.2, 0.25) is 0 Å². The number of fused-ring (bicyclic) bond motifs is 1. The van der Waals surface area contributed by atoms with Crippen LogP contribution in [0.1, 0.15) is 43.3 Å². The van der Waals surface area contributed by atoms with E-state index in [0.29, 0.717) is 5.92 Å². The number of benzene rings is 1. The van der Waals surface area contributed by atoms with Crippen molar-refractivity contribution in [3.63, 3.8) is 0 Å². The Morgan fingerprint density at radius 2 is 2.00 bits per heavy atom. The average Bonchev–Trinajstić information content (AvgIpc) is 3.10. The molecule has 3 N–H and O–H groups in total. The lowest BCUT2D eigenvalue weighted by Crippen LogP contribution is -2.41. The number of aromatic amines is 1. The minimum absolute atomic E-state index is 0.257. The maximum Gasteiger partial charge on any atom is 0.138 e. The zero-order valence-electron chi connectivity index (χ0n) is 18.3. The monoisotopic (exact) mass is 395 g/mol. The smallest absolute Gasteiger partial charge is 0.138 e. The van der Waals surface area contributed by atoms with Crippen molar-refractivity contribution in [1.82, 2.24) is 9.97 Å². The maximum absolute atomic E-state index is 6.35. The van der Waals surface area contributed by atoms with Crippen LogP contribution in [-0.2, 0) is 12.8 Å². The first kappa shape index (κ1) is 20.2. The largest absolute Gasteiger partial charge is 0.341 e. The quantitative estimate of drug-likeness (QED) is 0.545. The van der Waals surface area contributed by atoms with Gasteiger partial charge in [0.15, 0.2) is 0 Å². The van der Waals surface area contributed by atoms with Crippen molar-refractivity contribution in [1.29, 1.82) is 0 Å². The highest BCUT2D eigenvalue weighted by molar-refractivity contribution is 5.72. The van der Waals surface area contributed by atoms with Crippen molar-refractivity contribution in [2.75, 3.05) is 0 Å². The predicted octanol–water partition coefficient (Wildman–Crippen LogP) is 5.69. The van der Waals surface area contributed by atoms with Crippen LogP contribution in [0.4, 0.5) is 0 Å². The van der Waals surface area contributed by atoms with E-state index in [4.69, 9.17) is 10.7 Å². The van der Waals surface area contributed by atoms with Crippen LogP contribution in [0.5, 0.6) is 0 Å². The summed E-state index contributed by atoms with van der Waals surface area (Å²) in [7, 11) is 0. The molecular weight excluding hydrogens is 366 g/mol. The van der Waals surface area contributed by atoms with Crippen LogP contribution in [0.3, 0.4) is 0 Å². The molecule has 0 saturated carbocycles. The minimum Gasteiger partial charge on any atom is -0.341 e. The van der Waals surface area contributed by atoms with E-state index < -0.39 is 0 Å². The highest BCUT2D eigenvalue weighted by Crippen LogP contribution is 2.32. The van der Waals surface area contributed by atoms with Gasteiger partial charge < -0.3 is 10.7 Å². The van der Waals surface area contributed by atoms with Crippen molar-refractivity contribution in [2.45, 2.75) is 46.1 Å². The molecule has 4 rings (SSSR count). The Morgan fingerprint density at radius 3 is 2.70 bits per heavy atom. The molecule has 0 bridgehead atoms. The van der Waals surface area contributed by atoms with Gasteiger partial charge in [-0.05, 0) is 93.1 Å². The summed E-state index contributed by atoms with van der Waals surface area (Å²) in [5.41, 5.74) is 15.1. The summed E-state index contributed by atoms with van der Waals surface area (Å²) < 4.78 is 0. The lowest BCUT2D eigenvalue weighted by atomic mass is 9.82. The molecule has 0 saturated heterocycles. The first-order chi connectivity index (χ1) is 14.2. The Labute approximate surface area is 179 Å². The van der Waals surface area contributed by atoms with Crippen LogP contribution in [-0.4, -0.2) is 15.5 Å². The third-order valence-electron chi connectivity index (χ3n) is 5.65. The van der Waals surface area contributed by atoms with Gasteiger partial charge in [-0.1, -0.05) is 36.4 Å². The Balaban J connectivity index is 1.76. The molecule has 0 fully saturated rings. The highest BCUT2D eigenvalue weighted by Gasteiger charge is 2.27. The molecule has 1 unspecified atom stereocenters. The molecule has 1 aliphatic rings. The zero-order chi connectivity index (χ0) is 21.5. The van der Waals surface area contributed by atoms with E-state index in [0.717, 1.165) is 57.9 Å². The fourth-order valence-electron chi connectivity index (χ4n) is 4.01. The van der Waals surface area contributed by atoms with Crippen LogP contribution in [0.2, 0.25) is 0 Å². The molecule has 1 aromatic heterocycles. The van der Waals surface area contributed by atoms with Crippen LogP contribution >= 0.6 is 0 Å². The van der Waals surface area contributed by atoms with E-state index in [9.17, 15) is 0 Å². The van der Waals surface area contributed by atoms with Crippen molar-refractivity contribution in [3.05, 3.63) is 83.2 Å². The first-order valence-electron chi connectivity index (χ1n) is 10.4. The number of nitrogens with two attached hydrogens (primary N) is 1. The molecule has 3 aromatic rings. The van der Waals surface area contributed by atoms with Crippen molar-refractivity contribution >= 4 is 6.08 Å². The standard InChI is InChI=1S/C27H29N3/c1-17(2)11-19-13-21(20-8-6-7-18(3)12-20)15-22(14-19)26-29-24-10-9-23(27(4,5)28)16-25(24)30-26/h8-10,12-15,23H,1,11,16,28H2,2-5H3,(H,29,30). The third kappa shape index (κ3) is 4.25. The molecule has 152 valence electrons. The van der Waals surface area contributed by atoms with Gasteiger partial charge in [-0.25, -0.2) is 4.98 Å². The Morgan fingerprint density at radius 1 is 1.23 bits per heavy atom. The first-order valence-corrected chi connectivity index (χ1v) is 10.4. The van der Waals surface area contributed by atoms with Gasteiger partial charge in [0.1, 0.15) is 5.82 Å². The lowest BCUT2D eigenvalue weighted by molar-refractivity contribution is 0.377. The Kier molecular flexibility index (Phi) is 5.13. The summed E-state index contributed by atoms with van der Waals surface area (Å²) in [5, 5.41) is 0. The number of nitrogens with zero attached hydrogens (tertiary/aromatic N) is 1. The second kappa shape index (κ2) is 7.63. The van der Waals surface area contributed by atoms with Crippen LogP contribution in [0, 0.1) is 25.0 Å². The summed E-state index contributed by atoms with van der Waals surface area (Å²) in [4.78, 5) is 8.46. The molecule has 2 aromatic carbocycles. The number of aryl methyl sites for hydroxylation is 1. The van der Waals surface area contributed by atoms with Gasteiger partial charge in [-0.3, -0.25) is 0 Å². The number of aromatic nitrogens is 2. The van der Waals surface area contributed by atoms with E-state index in [1.165, 1.54) is 5.56 Å². The molecule has 1 aliphatic carbocycles. The second-order valence-electron chi connectivity index (χ2n) is 9.19. The molecule has 0 amide bonds. The number of imidazole rings is 1. The highest BCUT2D eigenvalue weighted by atomic mass is 14.9. The number of hydrogen-bond donors (Lipinski definition) is 2. The van der Waals surface area contributed by atoms with Crippen LogP contribution in [0.15, 0.2) is 48.6 Å². The zero-order valence-corrected chi connectivity index (χ0v) is 18.3. The van der Waals surface area contributed by atoms with Crippen molar-refractivity contribution < 1.29 is 0 Å². The normalized spacial score (nSPS) is 15.6. The molecular formula is C27H29N3. The van der Waals surface area contributed by atoms with E-state index in [-0.39, 0.29) is 5.54 Å². The molecule has 0 spiro atoms. The maximum atomic E-state index is 6.35. The van der Waals surface area contributed by atoms with Gasteiger partial charge in [0.05, 0.1) is 5.69 Å². The van der Waals surface area contributed by atoms with Gasteiger partial charge >= 0.3 is 0 Å². The van der Waals surface area contributed by atoms with E-state index in [1.807, 2.05) is 13.0 Å². The number of rotatable bonds is 5. The van der Waals surface area contributed by atoms with Crippen molar-refractivity contribution in [3.8, 4) is 22.5 Å². The summed E-state index contributed by atoms with van der Waals surface area (Å²) in [5.74, 6) is 1.19. The number of hydrogen-bond acceptors (Lipinski definition) is 2. The average molecular weight is 396 g/mol. The topological polar surface area (TPSA) is 54.7 Å². The fourth-order valence-corrected chi connectivity index (χ4v) is 4.01. The number of H-pyrrole nitrogens is 1.